The fraction of sp³-hybridized carbons (Fsp3) is 0.429. The molecule has 1 aliphatic rings. The number of hydrogen-bond donors (Lipinski definition) is 2. The maximum absolute atomic E-state index is 13.6. The van der Waals surface area contributed by atoms with Gasteiger partial charge in [0.05, 0.1) is 38.3 Å². The normalized spacial score (nSPS) is 14.3. The molecule has 0 saturated carbocycles. The van der Waals surface area contributed by atoms with Gasteiger partial charge in [0.2, 0.25) is 5.95 Å². The van der Waals surface area contributed by atoms with Crippen LogP contribution in [0.3, 0.4) is 0 Å². The predicted molar refractivity (Wildman–Crippen MR) is 118 cm³/mol. The zero-order valence-corrected chi connectivity index (χ0v) is 17.9. The molecule has 148 valence electrons. The number of nitrogens with zero attached hydrogens (tertiary/aromatic N) is 2. The van der Waals surface area contributed by atoms with Crippen LogP contribution in [0.2, 0.25) is 5.02 Å². The average Bonchev–Trinajstić information content (AvgIpc) is 2.83. The van der Waals surface area contributed by atoms with Crippen LogP contribution in [0.15, 0.2) is 29.1 Å². The van der Waals surface area contributed by atoms with E-state index in [2.05, 4.69) is 19.4 Å². The summed E-state index contributed by atoms with van der Waals surface area (Å²) in [4.78, 5) is 22.1. The topological polar surface area (TPSA) is 51.4 Å². The van der Waals surface area contributed by atoms with Crippen LogP contribution in [0.1, 0.15) is 29.7 Å². The number of benzene rings is 1. The number of aryl methyl sites for hydroxylation is 2. The Bertz CT molecular complexity index is 1060. The lowest BCUT2D eigenvalue weighted by atomic mass is 10.1. The highest BCUT2D eigenvalue weighted by atomic mass is 35.5. The molecule has 0 amide bonds. The minimum Gasteiger partial charge on any atom is -0.350 e. The van der Waals surface area contributed by atoms with Gasteiger partial charge >= 0.3 is 0 Å². The maximum Gasteiger partial charge on any atom is 0.268 e. The second kappa shape index (κ2) is 8.23. The van der Waals surface area contributed by atoms with Crippen molar-refractivity contribution < 1.29 is 4.90 Å². The Hall–Kier alpha value is -1.89. The molecule has 0 fully saturated rings. The van der Waals surface area contributed by atoms with Crippen molar-refractivity contribution in [1.82, 2.24) is 9.55 Å². The first-order valence-electron chi connectivity index (χ1n) is 9.90. The lowest BCUT2D eigenvalue weighted by Crippen LogP contribution is -3.06. The number of hydrogen-bond acceptors (Lipinski definition) is 4. The first-order valence-corrected chi connectivity index (χ1v) is 11.1. The summed E-state index contributed by atoms with van der Waals surface area (Å²) in [5, 5.41) is 4.79. The van der Waals surface area contributed by atoms with Gasteiger partial charge in [-0.2, -0.15) is 0 Å². The Kier molecular flexibility index (Phi) is 5.71. The van der Waals surface area contributed by atoms with E-state index in [4.69, 9.17) is 16.6 Å². The highest BCUT2D eigenvalue weighted by Gasteiger charge is 2.22. The van der Waals surface area contributed by atoms with E-state index < -0.39 is 0 Å². The van der Waals surface area contributed by atoms with Crippen LogP contribution in [0.4, 0.5) is 5.95 Å². The second-order valence-corrected chi connectivity index (χ2v) is 9.20. The van der Waals surface area contributed by atoms with E-state index in [0.717, 1.165) is 48.3 Å². The van der Waals surface area contributed by atoms with Gasteiger partial charge < -0.3 is 10.2 Å². The number of aromatic nitrogens is 2. The van der Waals surface area contributed by atoms with Crippen molar-refractivity contribution in [3.63, 3.8) is 0 Å². The zero-order chi connectivity index (χ0) is 19.7. The van der Waals surface area contributed by atoms with Crippen molar-refractivity contribution in [2.45, 2.75) is 32.1 Å². The largest absolute Gasteiger partial charge is 0.350 e. The number of thiophene rings is 1. The smallest absolute Gasteiger partial charge is 0.268 e. The summed E-state index contributed by atoms with van der Waals surface area (Å²) < 4.78 is 1.69. The quantitative estimate of drug-likeness (QED) is 0.627. The van der Waals surface area contributed by atoms with Gasteiger partial charge in [-0.25, -0.2) is 9.55 Å². The summed E-state index contributed by atoms with van der Waals surface area (Å²) in [6.07, 6.45) is 5.59. The number of quaternary nitrogens is 1. The molecule has 0 saturated heterocycles. The van der Waals surface area contributed by atoms with Crippen molar-refractivity contribution in [2.75, 3.05) is 32.5 Å². The monoisotopic (exact) mass is 417 g/mol. The van der Waals surface area contributed by atoms with E-state index in [1.165, 1.54) is 28.2 Å². The fourth-order valence-electron chi connectivity index (χ4n) is 3.78. The van der Waals surface area contributed by atoms with Crippen LogP contribution in [0.5, 0.6) is 0 Å². The fourth-order valence-corrected chi connectivity index (χ4v) is 5.22. The number of fused-ring (bicyclic) bond motifs is 3. The summed E-state index contributed by atoms with van der Waals surface area (Å²) >= 11 is 7.91. The van der Waals surface area contributed by atoms with Crippen molar-refractivity contribution >= 4 is 39.1 Å². The van der Waals surface area contributed by atoms with E-state index in [9.17, 15) is 4.79 Å². The van der Waals surface area contributed by atoms with Gasteiger partial charge in [0.15, 0.2) is 0 Å². The Morgan fingerprint density at radius 2 is 2.07 bits per heavy atom. The lowest BCUT2D eigenvalue weighted by molar-refractivity contribution is -0.856. The minimum absolute atomic E-state index is 0.00590. The van der Waals surface area contributed by atoms with E-state index in [-0.39, 0.29) is 5.56 Å². The van der Waals surface area contributed by atoms with Crippen LogP contribution in [-0.4, -0.2) is 36.7 Å². The number of likely N-dealkylation sites (N-methyl/N-ethyl adjacent to an activating group) is 1. The summed E-state index contributed by atoms with van der Waals surface area (Å²) in [6, 6.07) is 7.43. The number of rotatable bonds is 5. The SMILES string of the molecule is C[NH+](C)CCNc1nc2sc3c(c2c(=O)n1-c1cccc(Cl)c1)CCCCC3. The second-order valence-electron chi connectivity index (χ2n) is 7.68. The van der Waals surface area contributed by atoms with Gasteiger partial charge in [-0.15, -0.1) is 11.3 Å². The molecule has 0 bridgehead atoms. The molecule has 1 aliphatic carbocycles. The lowest BCUT2D eigenvalue weighted by Gasteiger charge is -2.15. The molecule has 5 nitrogen and oxygen atoms in total. The van der Waals surface area contributed by atoms with Gasteiger partial charge in [-0.1, -0.05) is 24.1 Å². The van der Waals surface area contributed by atoms with Crippen LogP contribution in [-0.2, 0) is 12.8 Å². The van der Waals surface area contributed by atoms with Gasteiger partial charge in [-0.05, 0) is 49.4 Å². The molecule has 7 heteroatoms. The molecule has 28 heavy (non-hydrogen) atoms. The van der Waals surface area contributed by atoms with E-state index in [1.54, 1.807) is 15.9 Å². The molecular weight excluding hydrogens is 392 g/mol. The molecule has 3 aromatic rings. The average molecular weight is 418 g/mol. The Morgan fingerprint density at radius 1 is 1.25 bits per heavy atom. The van der Waals surface area contributed by atoms with E-state index >= 15 is 0 Å². The van der Waals surface area contributed by atoms with Gasteiger partial charge in [-0.3, -0.25) is 4.79 Å². The summed E-state index contributed by atoms with van der Waals surface area (Å²) in [5.41, 5.74) is 1.97. The summed E-state index contributed by atoms with van der Waals surface area (Å²) in [5.74, 6) is 0.595. The Morgan fingerprint density at radius 3 is 2.86 bits per heavy atom. The third-order valence-electron chi connectivity index (χ3n) is 5.21. The van der Waals surface area contributed by atoms with Crippen LogP contribution in [0.25, 0.3) is 15.9 Å². The molecule has 1 aromatic carbocycles. The molecule has 0 radical (unpaired) electrons. The minimum atomic E-state index is 0.00590. The Labute approximate surface area is 174 Å². The van der Waals surface area contributed by atoms with Crippen LogP contribution in [0, 0.1) is 0 Å². The molecule has 0 atom stereocenters. The number of anilines is 1. The summed E-state index contributed by atoms with van der Waals surface area (Å²) in [7, 11) is 4.22. The highest BCUT2D eigenvalue weighted by molar-refractivity contribution is 7.18. The third-order valence-corrected chi connectivity index (χ3v) is 6.63. The third kappa shape index (κ3) is 3.81. The first kappa shape index (κ1) is 19.4. The van der Waals surface area contributed by atoms with Crippen molar-refractivity contribution in [1.29, 1.82) is 0 Å². The molecular formula is C21H26ClN4OS+. The van der Waals surface area contributed by atoms with Crippen molar-refractivity contribution in [3.05, 3.63) is 50.1 Å². The van der Waals surface area contributed by atoms with Crippen LogP contribution < -0.4 is 15.8 Å². The molecule has 0 unspecified atom stereocenters. The molecule has 4 rings (SSSR count). The van der Waals surface area contributed by atoms with Crippen molar-refractivity contribution in [3.8, 4) is 5.69 Å². The molecule has 2 N–H and O–H groups in total. The zero-order valence-electron chi connectivity index (χ0n) is 16.3. The molecule has 2 heterocycles. The molecule has 0 aliphatic heterocycles. The van der Waals surface area contributed by atoms with Gasteiger partial charge in [0, 0.05) is 9.90 Å². The van der Waals surface area contributed by atoms with Crippen LogP contribution >= 0.6 is 22.9 Å². The van der Waals surface area contributed by atoms with E-state index in [0.29, 0.717) is 11.0 Å². The van der Waals surface area contributed by atoms with Gasteiger partial charge in [0.25, 0.3) is 5.56 Å². The standard InChI is InChI=1S/C21H25ClN4OS/c1-25(2)12-11-23-21-24-19-18(16-9-4-3-5-10-17(16)28-19)20(27)26(21)15-8-6-7-14(22)13-15/h6-8,13H,3-5,9-12H2,1-2H3,(H,23,24)/p+1. The predicted octanol–water partition coefficient (Wildman–Crippen LogP) is 2.93. The summed E-state index contributed by atoms with van der Waals surface area (Å²) in [6.45, 7) is 1.68. The van der Waals surface area contributed by atoms with E-state index in [1.807, 2.05) is 24.3 Å². The van der Waals surface area contributed by atoms with Crippen molar-refractivity contribution in [2.24, 2.45) is 0 Å². The molecule has 0 spiro atoms. The Balaban J connectivity index is 1.90. The number of halogens is 1. The van der Waals surface area contributed by atoms with Gasteiger partial charge in [0.1, 0.15) is 4.83 Å². The highest BCUT2D eigenvalue weighted by Crippen LogP contribution is 2.34. The number of nitrogens with one attached hydrogen (secondary N) is 2. The molecule has 2 aromatic heterocycles. The first-order chi connectivity index (χ1) is 13.5. The maximum atomic E-state index is 13.6.